The first-order chi connectivity index (χ1) is 11.5. The Morgan fingerprint density at radius 2 is 1.75 bits per heavy atom. The zero-order valence-electron chi connectivity index (χ0n) is 14.8. The van der Waals surface area contributed by atoms with Gasteiger partial charge in [0.2, 0.25) is 0 Å². The Bertz CT molecular complexity index is 568. The van der Waals surface area contributed by atoms with Crippen LogP contribution in [0.2, 0.25) is 0 Å². The summed E-state index contributed by atoms with van der Waals surface area (Å²) in [6.07, 6.45) is 2.72. The minimum Gasteiger partial charge on any atom is -0.393 e. The fourth-order valence-electron chi connectivity index (χ4n) is 3.30. The third-order valence-electron chi connectivity index (χ3n) is 4.94. The second kappa shape index (κ2) is 8.29. The molecule has 132 valence electrons. The SMILES string of the molecule is CCc1cccc(CC)c1NC(=O)C(=O)N1CCC(C(C)O)CC1. The number of amides is 2. The van der Waals surface area contributed by atoms with E-state index in [4.69, 9.17) is 0 Å². The van der Waals surface area contributed by atoms with Gasteiger partial charge in [-0.15, -0.1) is 0 Å². The molecule has 24 heavy (non-hydrogen) atoms. The van der Waals surface area contributed by atoms with Gasteiger partial charge in [-0.3, -0.25) is 9.59 Å². The summed E-state index contributed by atoms with van der Waals surface area (Å²) in [7, 11) is 0. The van der Waals surface area contributed by atoms with Gasteiger partial charge in [-0.25, -0.2) is 0 Å². The van der Waals surface area contributed by atoms with Crippen LogP contribution >= 0.6 is 0 Å². The second-order valence-corrected chi connectivity index (χ2v) is 6.48. The summed E-state index contributed by atoms with van der Waals surface area (Å²) >= 11 is 0. The van der Waals surface area contributed by atoms with Crippen LogP contribution in [0.4, 0.5) is 5.69 Å². The molecule has 1 unspecified atom stereocenters. The van der Waals surface area contributed by atoms with Gasteiger partial charge in [-0.2, -0.15) is 0 Å². The van der Waals surface area contributed by atoms with Gasteiger partial charge in [0.1, 0.15) is 0 Å². The molecule has 1 fully saturated rings. The standard InChI is InChI=1S/C19H28N2O3/c1-4-14-7-6-8-15(5-2)17(14)20-18(23)19(24)21-11-9-16(10-12-21)13(3)22/h6-8,13,16,22H,4-5,9-12H2,1-3H3,(H,20,23). The van der Waals surface area contributed by atoms with E-state index >= 15 is 0 Å². The number of carbonyl (C=O) groups is 2. The van der Waals surface area contributed by atoms with E-state index in [2.05, 4.69) is 5.32 Å². The van der Waals surface area contributed by atoms with Crippen molar-refractivity contribution in [1.82, 2.24) is 4.90 Å². The van der Waals surface area contributed by atoms with E-state index in [-0.39, 0.29) is 12.0 Å². The average molecular weight is 332 g/mol. The topological polar surface area (TPSA) is 69.6 Å². The van der Waals surface area contributed by atoms with Crippen molar-refractivity contribution in [2.24, 2.45) is 5.92 Å². The van der Waals surface area contributed by atoms with E-state index in [0.717, 1.165) is 42.5 Å². The van der Waals surface area contributed by atoms with Crippen LogP contribution < -0.4 is 5.32 Å². The molecule has 1 atom stereocenters. The van der Waals surface area contributed by atoms with Crippen LogP contribution in [0.3, 0.4) is 0 Å². The van der Waals surface area contributed by atoms with Gasteiger partial charge in [0, 0.05) is 18.8 Å². The quantitative estimate of drug-likeness (QED) is 0.832. The number of aryl methyl sites for hydroxylation is 2. The summed E-state index contributed by atoms with van der Waals surface area (Å²) in [4.78, 5) is 26.4. The number of nitrogens with zero attached hydrogens (tertiary/aromatic N) is 1. The average Bonchev–Trinajstić information content (AvgIpc) is 2.61. The Labute approximate surface area is 144 Å². The van der Waals surface area contributed by atoms with Crippen LogP contribution in [0.5, 0.6) is 0 Å². The normalized spacial score (nSPS) is 16.8. The van der Waals surface area contributed by atoms with Crippen LogP contribution in [0.1, 0.15) is 44.7 Å². The van der Waals surface area contributed by atoms with Crippen molar-refractivity contribution in [3.63, 3.8) is 0 Å². The molecule has 1 aromatic rings. The first kappa shape index (κ1) is 18.5. The maximum absolute atomic E-state index is 12.4. The fraction of sp³-hybridized carbons (Fsp3) is 0.579. The monoisotopic (exact) mass is 332 g/mol. The van der Waals surface area contributed by atoms with Crippen molar-refractivity contribution in [2.75, 3.05) is 18.4 Å². The van der Waals surface area contributed by atoms with Gasteiger partial charge >= 0.3 is 11.8 Å². The lowest BCUT2D eigenvalue weighted by Gasteiger charge is -2.32. The van der Waals surface area contributed by atoms with Crippen LogP contribution in [0.25, 0.3) is 0 Å². The molecular weight excluding hydrogens is 304 g/mol. The third-order valence-corrected chi connectivity index (χ3v) is 4.94. The molecule has 1 aliphatic heterocycles. The third kappa shape index (κ3) is 4.15. The number of carbonyl (C=O) groups excluding carboxylic acids is 2. The number of piperidine rings is 1. The molecule has 0 radical (unpaired) electrons. The maximum atomic E-state index is 12.4. The first-order valence-electron chi connectivity index (χ1n) is 8.87. The predicted octanol–water partition coefficient (Wildman–Crippen LogP) is 2.37. The molecule has 0 bridgehead atoms. The maximum Gasteiger partial charge on any atom is 0.313 e. The summed E-state index contributed by atoms with van der Waals surface area (Å²) in [5, 5.41) is 12.5. The van der Waals surface area contributed by atoms with Gasteiger partial charge in [0.15, 0.2) is 0 Å². The number of likely N-dealkylation sites (tertiary alicyclic amines) is 1. The van der Waals surface area contributed by atoms with Crippen molar-refractivity contribution in [3.8, 4) is 0 Å². The number of rotatable bonds is 4. The van der Waals surface area contributed by atoms with Crippen molar-refractivity contribution in [3.05, 3.63) is 29.3 Å². The predicted molar refractivity (Wildman–Crippen MR) is 94.8 cm³/mol. The molecule has 0 spiro atoms. The molecule has 5 nitrogen and oxygen atoms in total. The Kier molecular flexibility index (Phi) is 6.37. The lowest BCUT2D eigenvalue weighted by atomic mass is 9.92. The molecule has 0 aromatic heterocycles. The molecule has 2 amide bonds. The highest BCUT2D eigenvalue weighted by atomic mass is 16.3. The molecule has 0 aliphatic carbocycles. The highest BCUT2D eigenvalue weighted by molar-refractivity contribution is 6.39. The van der Waals surface area contributed by atoms with Gasteiger partial charge in [-0.1, -0.05) is 32.0 Å². The lowest BCUT2D eigenvalue weighted by Crippen LogP contribution is -2.45. The smallest absolute Gasteiger partial charge is 0.313 e. The Hall–Kier alpha value is -1.88. The number of nitrogens with one attached hydrogen (secondary N) is 1. The van der Waals surface area contributed by atoms with Crippen LogP contribution in [-0.4, -0.2) is 41.0 Å². The molecule has 2 N–H and O–H groups in total. The minimum absolute atomic E-state index is 0.213. The number of anilines is 1. The van der Waals surface area contributed by atoms with E-state index in [1.54, 1.807) is 11.8 Å². The Morgan fingerprint density at radius 1 is 1.21 bits per heavy atom. The molecule has 1 saturated heterocycles. The first-order valence-corrected chi connectivity index (χ1v) is 8.87. The zero-order valence-corrected chi connectivity index (χ0v) is 14.8. The molecule has 5 heteroatoms. The highest BCUT2D eigenvalue weighted by Gasteiger charge is 2.29. The summed E-state index contributed by atoms with van der Waals surface area (Å²) < 4.78 is 0. The summed E-state index contributed by atoms with van der Waals surface area (Å²) in [5.74, 6) is -0.835. The van der Waals surface area contributed by atoms with E-state index in [1.165, 1.54) is 0 Å². The lowest BCUT2D eigenvalue weighted by molar-refractivity contribution is -0.144. The molecule has 1 aliphatic rings. The van der Waals surface area contributed by atoms with Crippen LogP contribution in [-0.2, 0) is 22.4 Å². The summed E-state index contributed by atoms with van der Waals surface area (Å²) in [6.45, 7) is 6.90. The van der Waals surface area contributed by atoms with E-state index in [9.17, 15) is 14.7 Å². The Balaban J connectivity index is 2.04. The van der Waals surface area contributed by atoms with Crippen molar-refractivity contribution in [2.45, 2.75) is 52.6 Å². The summed E-state index contributed by atoms with van der Waals surface area (Å²) in [5.41, 5.74) is 2.87. The minimum atomic E-state index is -0.568. The van der Waals surface area contributed by atoms with Gasteiger partial charge in [-0.05, 0) is 49.7 Å². The number of hydrogen-bond acceptors (Lipinski definition) is 3. The molecule has 2 rings (SSSR count). The number of para-hydroxylation sites is 1. The molecule has 1 heterocycles. The van der Waals surface area contributed by atoms with Crippen molar-refractivity contribution >= 4 is 17.5 Å². The van der Waals surface area contributed by atoms with Crippen molar-refractivity contribution in [1.29, 1.82) is 0 Å². The van der Waals surface area contributed by atoms with Crippen LogP contribution in [0, 0.1) is 5.92 Å². The second-order valence-electron chi connectivity index (χ2n) is 6.48. The molecule has 1 aromatic carbocycles. The molecule has 0 saturated carbocycles. The largest absolute Gasteiger partial charge is 0.393 e. The van der Waals surface area contributed by atoms with E-state index < -0.39 is 11.8 Å². The van der Waals surface area contributed by atoms with Gasteiger partial charge < -0.3 is 15.3 Å². The number of aliphatic hydroxyl groups excluding tert-OH is 1. The summed E-state index contributed by atoms with van der Waals surface area (Å²) in [6, 6.07) is 5.94. The van der Waals surface area contributed by atoms with Gasteiger partial charge in [0.05, 0.1) is 6.10 Å². The van der Waals surface area contributed by atoms with Crippen molar-refractivity contribution < 1.29 is 14.7 Å². The van der Waals surface area contributed by atoms with Crippen LogP contribution in [0.15, 0.2) is 18.2 Å². The van der Waals surface area contributed by atoms with Gasteiger partial charge in [0.25, 0.3) is 0 Å². The number of benzene rings is 1. The molecular formula is C19H28N2O3. The Morgan fingerprint density at radius 3 is 2.21 bits per heavy atom. The fourth-order valence-corrected chi connectivity index (χ4v) is 3.30. The van der Waals surface area contributed by atoms with E-state index in [0.29, 0.717) is 13.1 Å². The number of hydrogen-bond donors (Lipinski definition) is 2. The van der Waals surface area contributed by atoms with E-state index in [1.807, 2.05) is 32.0 Å². The zero-order chi connectivity index (χ0) is 17.7. The number of aliphatic hydroxyl groups is 1. The highest BCUT2D eigenvalue weighted by Crippen LogP contribution is 2.24.